The third-order valence-corrected chi connectivity index (χ3v) is 8.33. The monoisotopic (exact) mass is 595 g/mol. The number of rotatable bonds is 9. The first-order valence-electron chi connectivity index (χ1n) is 14.1. The highest BCUT2D eigenvalue weighted by Gasteiger charge is 2.34. The summed E-state index contributed by atoms with van der Waals surface area (Å²) in [5, 5.41) is 7.39. The van der Waals surface area contributed by atoms with E-state index in [0.717, 1.165) is 12.1 Å². The Morgan fingerprint density at radius 2 is 1.71 bits per heavy atom. The number of amides is 2. The topological polar surface area (TPSA) is 79.9 Å². The van der Waals surface area contributed by atoms with Crippen LogP contribution < -0.4 is 15.5 Å². The lowest BCUT2D eigenvalue weighted by Crippen LogP contribution is -2.41. The van der Waals surface area contributed by atoms with Crippen LogP contribution >= 0.6 is 23.2 Å². The van der Waals surface area contributed by atoms with Crippen LogP contribution in [0.25, 0.3) is 0 Å². The molecule has 3 aromatic carbocycles. The molecule has 0 saturated heterocycles. The number of carbonyl (C=O) groups is 2. The van der Waals surface area contributed by atoms with Crippen LogP contribution in [0.15, 0.2) is 66.7 Å². The molecule has 0 bridgehead atoms. The maximum Gasteiger partial charge on any atom is 0.260 e. The predicted octanol–water partition coefficient (Wildman–Crippen LogP) is 7.25. The van der Waals surface area contributed by atoms with Crippen LogP contribution in [0.5, 0.6) is 0 Å². The maximum absolute atomic E-state index is 13.9. The van der Waals surface area contributed by atoms with Gasteiger partial charge in [-0.3, -0.25) is 14.5 Å². The van der Waals surface area contributed by atoms with Crippen molar-refractivity contribution in [2.75, 3.05) is 30.5 Å². The van der Waals surface area contributed by atoms with Crippen molar-refractivity contribution in [3.8, 4) is 0 Å². The van der Waals surface area contributed by atoms with Crippen molar-refractivity contribution >= 4 is 46.4 Å². The van der Waals surface area contributed by atoms with Crippen molar-refractivity contribution in [2.24, 2.45) is 0 Å². The fourth-order valence-corrected chi connectivity index (χ4v) is 6.05. The van der Waals surface area contributed by atoms with Gasteiger partial charge in [0.25, 0.3) is 11.8 Å². The first kappa shape index (κ1) is 29.5. The molecule has 2 N–H and O–H groups in total. The third-order valence-electron chi connectivity index (χ3n) is 7.77. The van der Waals surface area contributed by atoms with Crippen molar-refractivity contribution in [3.05, 3.63) is 93.5 Å². The molecule has 216 valence electrons. The quantitative estimate of drug-likeness (QED) is 0.255. The average Bonchev–Trinajstić information content (AvgIpc) is 3.45. The molecule has 1 saturated carbocycles. The van der Waals surface area contributed by atoms with E-state index in [1.54, 1.807) is 66.6 Å². The van der Waals surface area contributed by atoms with E-state index in [2.05, 4.69) is 10.6 Å². The lowest BCUT2D eigenvalue weighted by atomic mass is 10.0. The summed E-state index contributed by atoms with van der Waals surface area (Å²) in [7, 11) is 1.61. The van der Waals surface area contributed by atoms with Crippen LogP contribution in [0.1, 0.15) is 70.9 Å². The Hall–Kier alpha value is -2.94. The van der Waals surface area contributed by atoms with Gasteiger partial charge in [-0.15, -0.1) is 0 Å². The Morgan fingerprint density at radius 3 is 2.44 bits per heavy atom. The molecule has 1 aliphatic carbocycles. The van der Waals surface area contributed by atoms with Crippen molar-refractivity contribution in [1.82, 2.24) is 5.32 Å². The highest BCUT2D eigenvalue weighted by Crippen LogP contribution is 2.40. The molecule has 2 atom stereocenters. The maximum atomic E-state index is 13.9. The summed E-state index contributed by atoms with van der Waals surface area (Å²) in [6, 6.07) is 19.8. The normalized spacial score (nSPS) is 19.0. The number of nitrogens with one attached hydrogen (secondary N) is 2. The van der Waals surface area contributed by atoms with Gasteiger partial charge in [0, 0.05) is 41.5 Å². The number of hydrogen-bond acceptors (Lipinski definition) is 5. The summed E-state index contributed by atoms with van der Waals surface area (Å²) >= 11 is 12.6. The van der Waals surface area contributed by atoms with Gasteiger partial charge in [0.05, 0.1) is 29.0 Å². The molecule has 5 rings (SSSR count). The second kappa shape index (κ2) is 13.8. The van der Waals surface area contributed by atoms with Crippen molar-refractivity contribution < 1.29 is 19.1 Å². The average molecular weight is 597 g/mol. The second-order valence-corrected chi connectivity index (χ2v) is 11.3. The Kier molecular flexibility index (Phi) is 9.96. The van der Waals surface area contributed by atoms with E-state index < -0.39 is 6.23 Å². The predicted molar refractivity (Wildman–Crippen MR) is 163 cm³/mol. The smallest absolute Gasteiger partial charge is 0.260 e. The van der Waals surface area contributed by atoms with Gasteiger partial charge in [0.2, 0.25) is 0 Å². The Bertz CT molecular complexity index is 1360. The molecule has 9 heteroatoms. The molecule has 1 heterocycles. The van der Waals surface area contributed by atoms with E-state index in [0.29, 0.717) is 58.0 Å². The molecule has 1 fully saturated rings. The summed E-state index contributed by atoms with van der Waals surface area (Å²) in [4.78, 5) is 28.3. The zero-order chi connectivity index (χ0) is 28.8. The number of methoxy groups -OCH3 is 1. The number of nitrogens with zero attached hydrogens (tertiary/aromatic N) is 1. The zero-order valence-corrected chi connectivity index (χ0v) is 24.6. The molecule has 7 nitrogen and oxygen atoms in total. The summed E-state index contributed by atoms with van der Waals surface area (Å²) in [5.74, 6) is -0.537. The van der Waals surface area contributed by atoms with Gasteiger partial charge in [0.15, 0.2) is 0 Å². The van der Waals surface area contributed by atoms with Crippen LogP contribution in [-0.4, -0.2) is 44.3 Å². The van der Waals surface area contributed by atoms with Gasteiger partial charge in [0.1, 0.15) is 6.23 Å². The SMILES string of the molecule is COC1CCC(OCCNC2CCCC2)c2cc(Cl)ccc2N1C(=O)c1ccc(NC(=O)c2ccccc2Cl)cc1. The molecular weight excluding hydrogens is 561 g/mol. The standard InChI is InChI=1S/C32H35Cl2N3O4/c1-40-30-17-16-29(41-19-18-35-23-6-2-3-7-23)26-20-22(33)12-15-28(26)37(30)32(39)21-10-13-24(14-11-21)36-31(38)25-8-4-5-9-27(25)34/h4-5,8-15,20,23,29-30,35H,2-3,6-7,16-19H2,1H3,(H,36,38). The molecule has 2 aliphatic rings. The lowest BCUT2D eigenvalue weighted by molar-refractivity contribution is 0.0315. The van der Waals surface area contributed by atoms with E-state index in [9.17, 15) is 9.59 Å². The number of halogens is 2. The summed E-state index contributed by atoms with van der Waals surface area (Å²) in [6.45, 7) is 1.35. The van der Waals surface area contributed by atoms with Gasteiger partial charge in [-0.1, -0.05) is 48.2 Å². The Labute approximate surface area is 251 Å². The molecular formula is C32H35Cl2N3O4. The zero-order valence-electron chi connectivity index (χ0n) is 23.1. The lowest BCUT2D eigenvalue weighted by Gasteiger charge is -2.30. The van der Waals surface area contributed by atoms with Gasteiger partial charge in [-0.25, -0.2) is 0 Å². The molecule has 0 spiro atoms. The van der Waals surface area contributed by atoms with E-state index in [-0.39, 0.29) is 17.9 Å². The third kappa shape index (κ3) is 7.11. The molecule has 0 radical (unpaired) electrons. The minimum atomic E-state index is -0.479. The molecule has 0 aromatic heterocycles. The van der Waals surface area contributed by atoms with E-state index >= 15 is 0 Å². The van der Waals surface area contributed by atoms with Crippen LogP contribution in [0.4, 0.5) is 11.4 Å². The summed E-state index contributed by atoms with van der Waals surface area (Å²) < 4.78 is 12.2. The van der Waals surface area contributed by atoms with E-state index in [1.165, 1.54) is 25.7 Å². The fraction of sp³-hybridized carbons (Fsp3) is 0.375. The Balaban J connectivity index is 1.32. The summed E-state index contributed by atoms with van der Waals surface area (Å²) in [5.41, 5.74) is 2.98. The van der Waals surface area contributed by atoms with Gasteiger partial charge < -0.3 is 20.1 Å². The van der Waals surface area contributed by atoms with Crippen molar-refractivity contribution in [3.63, 3.8) is 0 Å². The number of fused-ring (bicyclic) bond motifs is 1. The first-order valence-corrected chi connectivity index (χ1v) is 14.9. The minimum absolute atomic E-state index is 0.215. The molecule has 41 heavy (non-hydrogen) atoms. The first-order chi connectivity index (χ1) is 19.9. The molecule has 3 aromatic rings. The fourth-order valence-electron chi connectivity index (χ4n) is 5.65. The van der Waals surface area contributed by atoms with Crippen LogP contribution in [-0.2, 0) is 9.47 Å². The van der Waals surface area contributed by atoms with Crippen molar-refractivity contribution in [1.29, 1.82) is 0 Å². The second-order valence-electron chi connectivity index (χ2n) is 10.5. The number of anilines is 2. The van der Waals surface area contributed by atoms with Crippen LogP contribution in [0.3, 0.4) is 0 Å². The van der Waals surface area contributed by atoms with Gasteiger partial charge in [-0.05, 0) is 80.3 Å². The van der Waals surface area contributed by atoms with E-state index in [4.69, 9.17) is 32.7 Å². The van der Waals surface area contributed by atoms with Crippen LogP contribution in [0, 0.1) is 0 Å². The molecule has 2 unspecified atom stereocenters. The summed E-state index contributed by atoms with van der Waals surface area (Å²) in [6.07, 6.45) is 5.61. The Morgan fingerprint density at radius 1 is 0.951 bits per heavy atom. The van der Waals surface area contributed by atoms with Gasteiger partial charge >= 0.3 is 0 Å². The van der Waals surface area contributed by atoms with Crippen molar-refractivity contribution in [2.45, 2.75) is 56.9 Å². The number of hydrogen-bond donors (Lipinski definition) is 2. The van der Waals surface area contributed by atoms with E-state index in [1.807, 2.05) is 12.1 Å². The minimum Gasteiger partial charge on any atom is -0.372 e. The largest absolute Gasteiger partial charge is 0.372 e. The van der Waals surface area contributed by atoms with Gasteiger partial charge in [-0.2, -0.15) is 0 Å². The molecule has 1 aliphatic heterocycles. The highest BCUT2D eigenvalue weighted by atomic mass is 35.5. The number of carbonyl (C=O) groups excluding carboxylic acids is 2. The molecule has 2 amide bonds. The highest BCUT2D eigenvalue weighted by molar-refractivity contribution is 6.34. The number of benzene rings is 3. The number of ether oxygens (including phenoxy) is 2. The van der Waals surface area contributed by atoms with Crippen LogP contribution in [0.2, 0.25) is 10.0 Å².